The molecule has 9 nitrogen and oxygen atoms in total. The minimum Gasteiger partial charge on any atom is -0.308 e. The molecule has 1 aliphatic rings. The minimum atomic E-state index is -3.90. The van der Waals surface area contributed by atoms with Crippen LogP contribution in [0, 0.1) is 0 Å². The molecule has 108 valence electrons. The lowest BCUT2D eigenvalue weighted by molar-refractivity contribution is -0.134. The van der Waals surface area contributed by atoms with E-state index in [2.05, 4.69) is 20.4 Å². The molecule has 1 saturated heterocycles. The van der Waals surface area contributed by atoms with E-state index >= 15 is 0 Å². The molecule has 1 unspecified atom stereocenters. The molecular formula is C10H13N5O4S. The number of carbonyl (C=O) groups excluding carboxylic acids is 2. The summed E-state index contributed by atoms with van der Waals surface area (Å²) in [6, 6.07) is 1.53. The third-order valence-electron chi connectivity index (χ3n) is 2.73. The molecule has 2 rings (SSSR count). The van der Waals surface area contributed by atoms with Crippen molar-refractivity contribution in [1.29, 1.82) is 0 Å². The van der Waals surface area contributed by atoms with E-state index < -0.39 is 27.9 Å². The van der Waals surface area contributed by atoms with Crippen LogP contribution in [0.1, 0.15) is 12.8 Å². The Morgan fingerprint density at radius 3 is 2.80 bits per heavy atom. The average Bonchev–Trinajstić information content (AvgIpc) is 2.42. The van der Waals surface area contributed by atoms with Crippen LogP contribution in [0.4, 0.5) is 5.82 Å². The smallest absolute Gasteiger partial charge is 0.244 e. The maximum Gasteiger partial charge on any atom is 0.244 e. The van der Waals surface area contributed by atoms with E-state index in [0.29, 0.717) is 0 Å². The fourth-order valence-corrected chi connectivity index (χ4v) is 2.96. The van der Waals surface area contributed by atoms with E-state index in [-0.39, 0.29) is 23.6 Å². The third-order valence-corrected chi connectivity index (χ3v) is 4.20. The predicted octanol–water partition coefficient (Wildman–Crippen LogP) is -1.55. The van der Waals surface area contributed by atoms with Gasteiger partial charge in [-0.3, -0.25) is 14.9 Å². The van der Waals surface area contributed by atoms with Crippen LogP contribution in [0.25, 0.3) is 0 Å². The summed E-state index contributed by atoms with van der Waals surface area (Å²) in [7, 11) is -3.90. The molecule has 20 heavy (non-hydrogen) atoms. The van der Waals surface area contributed by atoms with Crippen LogP contribution >= 0.6 is 0 Å². The zero-order valence-corrected chi connectivity index (χ0v) is 11.1. The van der Waals surface area contributed by atoms with Crippen molar-refractivity contribution in [1.82, 2.24) is 15.0 Å². The van der Waals surface area contributed by atoms with Crippen LogP contribution in [0.5, 0.6) is 0 Å². The SMILES string of the molecule is NNc1cc(S(=O)(=O)NC2CCC(=O)NC2=O)ccn1. The molecular weight excluding hydrogens is 286 g/mol. The monoisotopic (exact) mass is 299 g/mol. The van der Waals surface area contributed by atoms with Gasteiger partial charge in [0.15, 0.2) is 0 Å². The molecule has 2 heterocycles. The number of aromatic nitrogens is 1. The zero-order chi connectivity index (χ0) is 14.8. The number of imide groups is 1. The fraction of sp³-hybridized carbons (Fsp3) is 0.300. The Bertz CT molecular complexity index is 645. The number of hydrogen-bond donors (Lipinski definition) is 4. The van der Waals surface area contributed by atoms with Gasteiger partial charge in [-0.1, -0.05) is 0 Å². The summed E-state index contributed by atoms with van der Waals surface area (Å²) >= 11 is 0. The molecule has 0 aromatic carbocycles. The number of nitrogens with two attached hydrogens (primary N) is 1. The molecule has 1 atom stereocenters. The Balaban J connectivity index is 2.18. The van der Waals surface area contributed by atoms with Crippen molar-refractivity contribution >= 4 is 27.7 Å². The first-order chi connectivity index (χ1) is 9.42. The fourth-order valence-electron chi connectivity index (χ4n) is 1.72. The van der Waals surface area contributed by atoms with Crippen molar-refractivity contribution < 1.29 is 18.0 Å². The number of carbonyl (C=O) groups is 2. The van der Waals surface area contributed by atoms with Crippen LogP contribution in [0.3, 0.4) is 0 Å². The first kappa shape index (κ1) is 14.4. The van der Waals surface area contributed by atoms with Crippen LogP contribution in [-0.4, -0.2) is 31.3 Å². The number of hydrogen-bond acceptors (Lipinski definition) is 7. The summed E-state index contributed by atoms with van der Waals surface area (Å²) in [6.07, 6.45) is 1.48. The van der Waals surface area contributed by atoms with Crippen LogP contribution in [0.2, 0.25) is 0 Å². The van der Waals surface area contributed by atoms with Crippen molar-refractivity contribution in [3.63, 3.8) is 0 Å². The second-order valence-electron chi connectivity index (χ2n) is 4.15. The molecule has 5 N–H and O–H groups in total. The summed E-state index contributed by atoms with van der Waals surface area (Å²) in [4.78, 5) is 26.2. The molecule has 0 bridgehead atoms. The molecule has 0 saturated carbocycles. The number of nitrogens with one attached hydrogen (secondary N) is 3. The maximum absolute atomic E-state index is 12.1. The number of piperidine rings is 1. The Morgan fingerprint density at radius 1 is 1.40 bits per heavy atom. The maximum atomic E-state index is 12.1. The Hall–Kier alpha value is -2.04. The Kier molecular flexibility index (Phi) is 3.97. The summed E-state index contributed by atoms with van der Waals surface area (Å²) in [6.45, 7) is 0. The number of anilines is 1. The van der Waals surface area contributed by atoms with Gasteiger partial charge in [0.2, 0.25) is 21.8 Å². The molecule has 10 heteroatoms. The van der Waals surface area contributed by atoms with Gasteiger partial charge >= 0.3 is 0 Å². The van der Waals surface area contributed by atoms with Crippen molar-refractivity contribution in [2.45, 2.75) is 23.8 Å². The van der Waals surface area contributed by atoms with Gasteiger partial charge < -0.3 is 5.43 Å². The normalized spacial score (nSPS) is 19.6. The van der Waals surface area contributed by atoms with Gasteiger partial charge in [-0.05, 0) is 12.5 Å². The second-order valence-corrected chi connectivity index (χ2v) is 5.86. The number of nitrogen functional groups attached to an aromatic ring is 1. The lowest BCUT2D eigenvalue weighted by Gasteiger charge is -2.21. The van der Waals surface area contributed by atoms with Gasteiger partial charge in [-0.2, -0.15) is 4.72 Å². The molecule has 0 aliphatic carbocycles. The van der Waals surface area contributed by atoms with Crippen LogP contribution in [-0.2, 0) is 19.6 Å². The standard InChI is InChI=1S/C10H13N5O4S/c11-14-8-5-6(3-4-12-8)20(18,19)15-7-1-2-9(16)13-10(7)17/h3-5,7,15H,1-2,11H2,(H,12,14)(H,13,16,17). The topological polar surface area (TPSA) is 143 Å². The van der Waals surface area contributed by atoms with E-state index in [9.17, 15) is 18.0 Å². The van der Waals surface area contributed by atoms with E-state index in [1.807, 2.05) is 0 Å². The number of pyridine rings is 1. The molecule has 1 aromatic rings. The largest absolute Gasteiger partial charge is 0.308 e. The zero-order valence-electron chi connectivity index (χ0n) is 10.3. The predicted molar refractivity (Wildman–Crippen MR) is 68.5 cm³/mol. The van der Waals surface area contributed by atoms with Gasteiger partial charge in [-0.25, -0.2) is 19.2 Å². The Morgan fingerprint density at radius 2 is 2.15 bits per heavy atom. The van der Waals surface area contributed by atoms with Gasteiger partial charge in [-0.15, -0.1) is 0 Å². The molecule has 1 fully saturated rings. The van der Waals surface area contributed by atoms with E-state index in [1.165, 1.54) is 18.3 Å². The number of nitrogens with zero attached hydrogens (tertiary/aromatic N) is 1. The highest BCUT2D eigenvalue weighted by Gasteiger charge is 2.30. The van der Waals surface area contributed by atoms with Crippen LogP contribution in [0.15, 0.2) is 23.2 Å². The number of amides is 2. The quantitative estimate of drug-likeness (QED) is 0.299. The number of sulfonamides is 1. The highest BCUT2D eigenvalue weighted by molar-refractivity contribution is 7.89. The second kappa shape index (κ2) is 5.53. The summed E-state index contributed by atoms with van der Waals surface area (Å²) in [5.41, 5.74) is 2.23. The van der Waals surface area contributed by atoms with E-state index in [4.69, 9.17) is 5.84 Å². The molecule has 1 aliphatic heterocycles. The summed E-state index contributed by atoms with van der Waals surface area (Å²) in [5.74, 6) is 4.26. The van der Waals surface area contributed by atoms with Gasteiger partial charge in [0.25, 0.3) is 0 Å². The number of hydrazine groups is 1. The van der Waals surface area contributed by atoms with Crippen molar-refractivity contribution in [3.05, 3.63) is 18.3 Å². The van der Waals surface area contributed by atoms with Gasteiger partial charge in [0.05, 0.1) is 4.90 Å². The van der Waals surface area contributed by atoms with Gasteiger partial charge in [0, 0.05) is 18.7 Å². The molecule has 2 amide bonds. The average molecular weight is 299 g/mol. The number of rotatable bonds is 4. The van der Waals surface area contributed by atoms with Crippen LogP contribution < -0.4 is 21.3 Å². The first-order valence-electron chi connectivity index (χ1n) is 5.71. The lowest BCUT2D eigenvalue weighted by Crippen LogP contribution is -2.52. The summed E-state index contributed by atoms with van der Waals surface area (Å²) < 4.78 is 26.5. The lowest BCUT2D eigenvalue weighted by atomic mass is 10.1. The van der Waals surface area contributed by atoms with E-state index in [0.717, 1.165) is 0 Å². The third kappa shape index (κ3) is 3.10. The molecule has 0 radical (unpaired) electrons. The van der Waals surface area contributed by atoms with Crippen molar-refractivity contribution in [3.8, 4) is 0 Å². The van der Waals surface area contributed by atoms with Crippen molar-refractivity contribution in [2.24, 2.45) is 5.84 Å². The Labute approximate surface area is 115 Å². The highest BCUT2D eigenvalue weighted by Crippen LogP contribution is 2.14. The molecule has 1 aromatic heterocycles. The minimum absolute atomic E-state index is 0.0786. The highest BCUT2D eigenvalue weighted by atomic mass is 32.2. The van der Waals surface area contributed by atoms with Crippen molar-refractivity contribution in [2.75, 3.05) is 5.43 Å². The van der Waals surface area contributed by atoms with Gasteiger partial charge in [0.1, 0.15) is 11.9 Å². The summed E-state index contributed by atoms with van der Waals surface area (Å²) in [5, 5.41) is 2.08. The van der Waals surface area contributed by atoms with E-state index in [1.54, 1.807) is 0 Å². The first-order valence-corrected chi connectivity index (χ1v) is 7.19. The molecule has 0 spiro atoms.